The van der Waals surface area contributed by atoms with Crippen LogP contribution < -0.4 is 14.4 Å². The van der Waals surface area contributed by atoms with Gasteiger partial charge < -0.3 is 28.1 Å². The van der Waals surface area contributed by atoms with Crippen molar-refractivity contribution < 1.29 is 18.3 Å². The lowest BCUT2D eigenvalue weighted by molar-refractivity contribution is 0.445. The standard InChI is InChI=1S/C33H23N3O4/c1-35-14-15-36(20-35)21-16-25-23-8-2-4-10-27(23)39-32(25)29(17-21)37-22-18-26-24-9-3-5-11-28(24)40-33(26)30(19-22)38-31-12-6-7-13-34-31/h2-19H,20H2,1H3. The van der Waals surface area contributed by atoms with Gasteiger partial charge in [-0.25, -0.2) is 4.98 Å². The number of anilines is 1. The minimum absolute atomic E-state index is 0.466. The predicted molar refractivity (Wildman–Crippen MR) is 156 cm³/mol. The molecule has 0 spiro atoms. The predicted octanol–water partition coefficient (Wildman–Crippen LogP) is 8.65. The van der Waals surface area contributed by atoms with E-state index in [9.17, 15) is 0 Å². The Hall–Kier alpha value is -5.43. The van der Waals surface area contributed by atoms with E-state index in [1.54, 1.807) is 6.20 Å². The summed E-state index contributed by atoms with van der Waals surface area (Å²) in [4.78, 5) is 8.64. The molecule has 0 bridgehead atoms. The minimum atomic E-state index is 0.466. The van der Waals surface area contributed by atoms with E-state index in [1.807, 2.05) is 85.9 Å². The van der Waals surface area contributed by atoms with Crippen LogP contribution in [0.15, 0.2) is 118 Å². The van der Waals surface area contributed by atoms with E-state index in [4.69, 9.17) is 18.3 Å². The summed E-state index contributed by atoms with van der Waals surface area (Å²) in [6.07, 6.45) is 5.81. The Labute approximate surface area is 229 Å². The van der Waals surface area contributed by atoms with Crippen molar-refractivity contribution in [3.63, 3.8) is 0 Å². The van der Waals surface area contributed by atoms with Gasteiger partial charge in [0.05, 0.1) is 6.67 Å². The molecule has 0 aliphatic carbocycles. The lowest BCUT2D eigenvalue weighted by Gasteiger charge is -2.19. The Morgan fingerprint density at radius 1 is 0.675 bits per heavy atom. The highest BCUT2D eigenvalue weighted by Crippen LogP contribution is 2.44. The van der Waals surface area contributed by atoms with Crippen molar-refractivity contribution >= 4 is 49.6 Å². The second-order valence-electron chi connectivity index (χ2n) is 9.85. The maximum absolute atomic E-state index is 6.65. The Morgan fingerprint density at radius 2 is 1.35 bits per heavy atom. The maximum atomic E-state index is 6.65. The molecule has 4 heterocycles. The summed E-state index contributed by atoms with van der Waals surface area (Å²) in [5, 5.41) is 3.89. The first-order chi connectivity index (χ1) is 19.7. The van der Waals surface area contributed by atoms with Gasteiger partial charge in [0.25, 0.3) is 0 Å². The summed E-state index contributed by atoms with van der Waals surface area (Å²) in [6.45, 7) is 0.746. The molecule has 0 saturated heterocycles. The van der Waals surface area contributed by atoms with Crippen LogP contribution in [0.4, 0.5) is 5.69 Å². The number of hydrogen-bond donors (Lipinski definition) is 0. The summed E-state index contributed by atoms with van der Waals surface area (Å²) in [6, 6.07) is 29.5. The molecule has 7 nitrogen and oxygen atoms in total. The summed E-state index contributed by atoms with van der Waals surface area (Å²) in [5.74, 6) is 2.19. The number of furan rings is 2. The Bertz CT molecular complexity index is 2080. The van der Waals surface area contributed by atoms with Gasteiger partial charge in [-0.2, -0.15) is 0 Å². The third-order valence-corrected chi connectivity index (χ3v) is 7.13. The van der Waals surface area contributed by atoms with Crippen LogP contribution in [0.3, 0.4) is 0 Å². The molecule has 3 aromatic heterocycles. The Balaban J connectivity index is 1.31. The summed E-state index contributed by atoms with van der Waals surface area (Å²) in [7, 11) is 2.05. The average Bonchev–Trinajstić information content (AvgIpc) is 3.69. The van der Waals surface area contributed by atoms with Gasteiger partial charge in [0.15, 0.2) is 22.7 Å². The highest BCUT2D eigenvalue weighted by Gasteiger charge is 2.21. The van der Waals surface area contributed by atoms with Crippen molar-refractivity contribution in [1.82, 2.24) is 9.88 Å². The zero-order valence-corrected chi connectivity index (χ0v) is 21.6. The summed E-state index contributed by atoms with van der Waals surface area (Å²) < 4.78 is 25.4. The van der Waals surface area contributed by atoms with Crippen LogP contribution in [0.1, 0.15) is 0 Å². The SMILES string of the molecule is CN1C=CN(c2cc(Oc3cc(Oc4ccccn4)c4oc5ccccc5c4c3)c3oc4ccccc4c3c2)C1. The molecular formula is C33H23N3O4. The molecule has 0 atom stereocenters. The molecule has 7 aromatic rings. The van der Waals surface area contributed by atoms with E-state index in [2.05, 4.69) is 39.3 Å². The van der Waals surface area contributed by atoms with Crippen molar-refractivity contribution in [3.05, 3.63) is 110 Å². The third-order valence-electron chi connectivity index (χ3n) is 7.13. The second kappa shape index (κ2) is 8.81. The van der Waals surface area contributed by atoms with Crippen LogP contribution in [-0.2, 0) is 0 Å². The number of aromatic nitrogens is 1. The van der Waals surface area contributed by atoms with E-state index in [0.717, 1.165) is 45.1 Å². The van der Waals surface area contributed by atoms with Crippen LogP contribution in [0.2, 0.25) is 0 Å². The number of para-hydroxylation sites is 2. The number of pyridine rings is 1. The fraction of sp³-hybridized carbons (Fsp3) is 0.0606. The fourth-order valence-electron chi connectivity index (χ4n) is 5.27. The fourth-order valence-corrected chi connectivity index (χ4v) is 5.27. The molecule has 4 aromatic carbocycles. The number of rotatable bonds is 5. The van der Waals surface area contributed by atoms with Gasteiger partial charge >= 0.3 is 0 Å². The average molecular weight is 526 g/mol. The molecule has 0 unspecified atom stereocenters. The topological polar surface area (TPSA) is 64.1 Å². The smallest absolute Gasteiger partial charge is 0.219 e. The molecule has 0 amide bonds. The van der Waals surface area contributed by atoms with E-state index in [1.165, 1.54) is 0 Å². The quantitative estimate of drug-likeness (QED) is 0.223. The lowest BCUT2D eigenvalue weighted by Crippen LogP contribution is -2.21. The lowest BCUT2D eigenvalue weighted by atomic mass is 10.1. The minimum Gasteiger partial charge on any atom is -0.453 e. The zero-order valence-electron chi connectivity index (χ0n) is 21.6. The van der Waals surface area contributed by atoms with Gasteiger partial charge in [-0.05, 0) is 30.3 Å². The van der Waals surface area contributed by atoms with Gasteiger partial charge in [0, 0.05) is 71.1 Å². The van der Waals surface area contributed by atoms with E-state index >= 15 is 0 Å². The van der Waals surface area contributed by atoms with Crippen molar-refractivity contribution in [1.29, 1.82) is 0 Å². The number of ether oxygens (including phenoxy) is 2. The third kappa shape index (κ3) is 3.71. The van der Waals surface area contributed by atoms with Gasteiger partial charge in [0.2, 0.25) is 5.88 Å². The molecule has 40 heavy (non-hydrogen) atoms. The van der Waals surface area contributed by atoms with E-state index in [0.29, 0.717) is 34.3 Å². The zero-order chi connectivity index (χ0) is 26.6. The van der Waals surface area contributed by atoms with Crippen LogP contribution in [0.5, 0.6) is 23.1 Å². The molecule has 1 aliphatic heterocycles. The van der Waals surface area contributed by atoms with Crippen molar-refractivity contribution in [2.24, 2.45) is 0 Å². The largest absolute Gasteiger partial charge is 0.453 e. The Kier molecular flexibility index (Phi) is 4.97. The molecule has 1 aliphatic rings. The van der Waals surface area contributed by atoms with E-state index in [-0.39, 0.29) is 0 Å². The van der Waals surface area contributed by atoms with Gasteiger partial charge in [-0.1, -0.05) is 42.5 Å². The first kappa shape index (κ1) is 22.5. The summed E-state index contributed by atoms with van der Waals surface area (Å²) in [5.41, 5.74) is 3.91. The number of fused-ring (bicyclic) bond motifs is 6. The monoisotopic (exact) mass is 525 g/mol. The molecule has 0 radical (unpaired) electrons. The maximum Gasteiger partial charge on any atom is 0.219 e. The highest BCUT2D eigenvalue weighted by atomic mass is 16.5. The Morgan fingerprint density at radius 3 is 2.02 bits per heavy atom. The first-order valence-corrected chi connectivity index (χ1v) is 13.0. The van der Waals surface area contributed by atoms with Crippen molar-refractivity contribution in [2.45, 2.75) is 0 Å². The molecule has 0 saturated carbocycles. The van der Waals surface area contributed by atoms with Crippen LogP contribution in [-0.4, -0.2) is 23.6 Å². The first-order valence-electron chi connectivity index (χ1n) is 13.0. The van der Waals surface area contributed by atoms with Crippen LogP contribution in [0, 0.1) is 0 Å². The second-order valence-corrected chi connectivity index (χ2v) is 9.85. The van der Waals surface area contributed by atoms with Crippen molar-refractivity contribution in [2.75, 3.05) is 18.6 Å². The molecule has 0 N–H and O–H groups in total. The van der Waals surface area contributed by atoms with E-state index < -0.39 is 0 Å². The summed E-state index contributed by atoms with van der Waals surface area (Å²) >= 11 is 0. The molecule has 0 fully saturated rings. The normalized spacial score (nSPS) is 13.3. The number of benzene rings is 4. The van der Waals surface area contributed by atoms with Gasteiger partial charge in [-0.3, -0.25) is 0 Å². The molecule has 7 heteroatoms. The van der Waals surface area contributed by atoms with Gasteiger partial charge in [-0.15, -0.1) is 0 Å². The van der Waals surface area contributed by atoms with Crippen LogP contribution >= 0.6 is 0 Å². The van der Waals surface area contributed by atoms with Gasteiger partial charge in [0.1, 0.15) is 16.9 Å². The molecular weight excluding hydrogens is 502 g/mol. The van der Waals surface area contributed by atoms with Crippen LogP contribution in [0.25, 0.3) is 43.9 Å². The molecule has 194 valence electrons. The number of hydrogen-bond acceptors (Lipinski definition) is 7. The number of nitrogens with zero attached hydrogens (tertiary/aromatic N) is 3. The van der Waals surface area contributed by atoms with Crippen molar-refractivity contribution in [3.8, 4) is 23.1 Å². The molecule has 8 rings (SSSR count). The highest BCUT2D eigenvalue weighted by molar-refractivity contribution is 6.09.